The third-order valence-electron chi connectivity index (χ3n) is 2.81. The molecule has 0 radical (unpaired) electrons. The maximum atomic E-state index is 9.93. The fourth-order valence-corrected chi connectivity index (χ4v) is 2.73. The molecule has 0 unspecified atom stereocenters. The first-order chi connectivity index (χ1) is 9.74. The molecule has 0 heterocycles. The number of aliphatic hydroxyl groups is 1. The Labute approximate surface area is 129 Å². The second-order valence-electron chi connectivity index (χ2n) is 4.54. The molecule has 0 aliphatic carbocycles. The molecule has 20 heavy (non-hydrogen) atoms. The number of benzene rings is 2. The monoisotopic (exact) mass is 307 g/mol. The molecule has 0 spiro atoms. The maximum absolute atomic E-state index is 9.93. The zero-order chi connectivity index (χ0) is 14.2. The Hall–Kier alpha value is -1.00. The number of thioether (sulfide) groups is 1. The highest BCUT2D eigenvalue weighted by Gasteiger charge is 2.04. The van der Waals surface area contributed by atoms with Crippen LogP contribution in [0.1, 0.15) is 5.56 Å². The summed E-state index contributed by atoms with van der Waals surface area (Å²) in [4.78, 5) is 1.18. The lowest BCUT2D eigenvalue weighted by atomic mass is 10.2. The van der Waals surface area contributed by atoms with E-state index in [1.165, 1.54) is 4.90 Å². The van der Waals surface area contributed by atoms with Crippen molar-refractivity contribution >= 4 is 23.4 Å². The zero-order valence-corrected chi connectivity index (χ0v) is 12.7. The van der Waals surface area contributed by atoms with Gasteiger partial charge < -0.3 is 10.4 Å². The molecule has 2 nitrogen and oxygen atoms in total. The number of rotatable bonds is 7. The molecule has 2 rings (SSSR count). The van der Waals surface area contributed by atoms with Gasteiger partial charge in [-0.2, -0.15) is 0 Å². The van der Waals surface area contributed by atoms with Gasteiger partial charge >= 0.3 is 0 Å². The van der Waals surface area contributed by atoms with Crippen molar-refractivity contribution in [3.05, 3.63) is 65.2 Å². The van der Waals surface area contributed by atoms with Crippen molar-refractivity contribution in [3.63, 3.8) is 0 Å². The van der Waals surface area contributed by atoms with E-state index < -0.39 is 0 Å². The fraction of sp³-hybridized carbons (Fsp3) is 0.250. The summed E-state index contributed by atoms with van der Waals surface area (Å²) in [6.45, 7) is 1.33. The summed E-state index contributed by atoms with van der Waals surface area (Å²) in [6.07, 6.45) is -0.354. The smallest absolute Gasteiger partial charge is 0.0758 e. The Bertz CT molecular complexity index is 504. The summed E-state index contributed by atoms with van der Waals surface area (Å²) in [5, 5.41) is 13.9. The first-order valence-electron chi connectivity index (χ1n) is 6.55. The molecule has 1 atom stereocenters. The number of halogens is 1. The molecule has 0 fully saturated rings. The van der Waals surface area contributed by atoms with Crippen molar-refractivity contribution in [1.82, 2.24) is 5.32 Å². The largest absolute Gasteiger partial charge is 0.391 e. The van der Waals surface area contributed by atoms with Crippen LogP contribution in [-0.4, -0.2) is 23.5 Å². The zero-order valence-electron chi connectivity index (χ0n) is 11.1. The van der Waals surface area contributed by atoms with E-state index in [-0.39, 0.29) is 6.10 Å². The van der Waals surface area contributed by atoms with Crippen LogP contribution in [0.5, 0.6) is 0 Å². The van der Waals surface area contributed by atoms with Gasteiger partial charge in [-0.05, 0) is 29.8 Å². The first kappa shape index (κ1) is 15.4. The highest BCUT2D eigenvalue weighted by Crippen LogP contribution is 2.17. The summed E-state index contributed by atoms with van der Waals surface area (Å²) < 4.78 is 0. The summed E-state index contributed by atoms with van der Waals surface area (Å²) >= 11 is 7.50. The van der Waals surface area contributed by atoms with E-state index >= 15 is 0 Å². The molecule has 0 aliphatic rings. The van der Waals surface area contributed by atoms with Crippen molar-refractivity contribution in [2.45, 2.75) is 17.5 Å². The lowest BCUT2D eigenvalue weighted by Crippen LogP contribution is -2.28. The van der Waals surface area contributed by atoms with Crippen LogP contribution in [0.3, 0.4) is 0 Å². The molecular weight excluding hydrogens is 290 g/mol. The van der Waals surface area contributed by atoms with E-state index in [0.717, 1.165) is 17.1 Å². The first-order valence-corrected chi connectivity index (χ1v) is 7.91. The molecule has 0 aromatic heterocycles. The van der Waals surface area contributed by atoms with Crippen molar-refractivity contribution in [2.75, 3.05) is 12.3 Å². The van der Waals surface area contributed by atoms with Crippen LogP contribution in [0.2, 0.25) is 5.02 Å². The van der Waals surface area contributed by atoms with E-state index in [2.05, 4.69) is 17.4 Å². The third kappa shape index (κ3) is 5.55. The van der Waals surface area contributed by atoms with E-state index in [9.17, 15) is 5.11 Å². The van der Waals surface area contributed by atoms with Crippen molar-refractivity contribution in [2.24, 2.45) is 0 Å². The van der Waals surface area contributed by atoms with E-state index in [1.54, 1.807) is 11.8 Å². The number of aliphatic hydroxyl groups excluding tert-OH is 1. The predicted molar refractivity (Wildman–Crippen MR) is 86.3 cm³/mol. The Morgan fingerprint density at radius 1 is 1.05 bits per heavy atom. The lowest BCUT2D eigenvalue weighted by molar-refractivity contribution is 0.195. The fourth-order valence-electron chi connectivity index (χ4n) is 1.75. The number of hydrogen-bond donors (Lipinski definition) is 2. The molecule has 0 amide bonds. The van der Waals surface area contributed by atoms with E-state index in [1.807, 2.05) is 42.5 Å². The second kappa shape index (κ2) is 8.32. The van der Waals surface area contributed by atoms with Crippen molar-refractivity contribution in [1.29, 1.82) is 0 Å². The predicted octanol–water partition coefficient (Wildman–Crippen LogP) is 3.58. The van der Waals surface area contributed by atoms with Crippen LogP contribution in [0.4, 0.5) is 0 Å². The van der Waals surface area contributed by atoms with Crippen LogP contribution >= 0.6 is 23.4 Å². The minimum absolute atomic E-state index is 0.354. The number of nitrogens with one attached hydrogen (secondary N) is 1. The van der Waals surface area contributed by atoms with Gasteiger partial charge in [0.2, 0.25) is 0 Å². The van der Waals surface area contributed by atoms with Gasteiger partial charge in [0.05, 0.1) is 6.10 Å². The Morgan fingerprint density at radius 3 is 2.45 bits per heavy atom. The summed E-state index contributed by atoms with van der Waals surface area (Å²) in [7, 11) is 0. The SMILES string of the molecule is O[C@@H](CNCc1ccc(Cl)cc1)CSc1ccccc1. The molecule has 0 saturated heterocycles. The average molecular weight is 308 g/mol. The van der Waals surface area contributed by atoms with Gasteiger partial charge in [0.1, 0.15) is 0 Å². The van der Waals surface area contributed by atoms with Gasteiger partial charge in [-0.25, -0.2) is 0 Å². The Kier molecular flexibility index (Phi) is 6.40. The molecule has 0 bridgehead atoms. The minimum atomic E-state index is -0.354. The molecule has 2 aromatic carbocycles. The molecule has 0 aliphatic heterocycles. The maximum Gasteiger partial charge on any atom is 0.0758 e. The quantitative estimate of drug-likeness (QED) is 0.767. The van der Waals surface area contributed by atoms with Gasteiger partial charge in [-0.3, -0.25) is 0 Å². The summed E-state index contributed by atoms with van der Waals surface area (Å²) in [6, 6.07) is 17.8. The molecule has 2 N–H and O–H groups in total. The third-order valence-corrected chi connectivity index (χ3v) is 4.22. The van der Waals surface area contributed by atoms with Crippen molar-refractivity contribution in [3.8, 4) is 0 Å². The highest BCUT2D eigenvalue weighted by atomic mass is 35.5. The summed E-state index contributed by atoms with van der Waals surface area (Å²) in [5.41, 5.74) is 1.16. The van der Waals surface area contributed by atoms with Gasteiger partial charge in [-0.1, -0.05) is 41.9 Å². The molecule has 2 aromatic rings. The van der Waals surface area contributed by atoms with Gasteiger partial charge in [0.15, 0.2) is 0 Å². The van der Waals surface area contributed by atoms with Crippen LogP contribution < -0.4 is 5.32 Å². The topological polar surface area (TPSA) is 32.3 Å². The van der Waals surface area contributed by atoms with E-state index in [4.69, 9.17) is 11.6 Å². The molecule has 106 valence electrons. The highest BCUT2D eigenvalue weighted by molar-refractivity contribution is 7.99. The lowest BCUT2D eigenvalue weighted by Gasteiger charge is -2.11. The number of hydrogen-bond acceptors (Lipinski definition) is 3. The standard InChI is InChI=1S/C16H18ClNOS/c17-14-8-6-13(7-9-14)10-18-11-15(19)12-20-16-4-2-1-3-5-16/h1-9,15,18-19H,10-12H2/t15-/m0/s1. The molecule has 4 heteroatoms. The van der Waals surface area contributed by atoms with Gasteiger partial charge in [0.25, 0.3) is 0 Å². The summed E-state index contributed by atoms with van der Waals surface area (Å²) in [5.74, 6) is 0.692. The molecule has 0 saturated carbocycles. The van der Waals surface area contributed by atoms with Crippen LogP contribution in [0.25, 0.3) is 0 Å². The minimum Gasteiger partial charge on any atom is -0.391 e. The van der Waals surface area contributed by atoms with Crippen molar-refractivity contribution < 1.29 is 5.11 Å². The van der Waals surface area contributed by atoms with Crippen LogP contribution in [-0.2, 0) is 6.54 Å². The molecular formula is C16H18ClNOS. The van der Waals surface area contributed by atoms with E-state index in [0.29, 0.717) is 12.3 Å². The Balaban J connectivity index is 1.65. The van der Waals surface area contributed by atoms with Crippen LogP contribution in [0, 0.1) is 0 Å². The second-order valence-corrected chi connectivity index (χ2v) is 6.07. The van der Waals surface area contributed by atoms with Gasteiger partial charge in [0, 0.05) is 28.8 Å². The van der Waals surface area contributed by atoms with Crippen LogP contribution in [0.15, 0.2) is 59.5 Å². The average Bonchev–Trinajstić information content (AvgIpc) is 2.48. The van der Waals surface area contributed by atoms with Gasteiger partial charge in [-0.15, -0.1) is 11.8 Å². The Morgan fingerprint density at radius 2 is 1.75 bits per heavy atom. The normalized spacial score (nSPS) is 12.3.